The number of aromatic hydroxyl groups is 2. The average molecular weight is 276 g/mol. The molecule has 2 N–H and O–H groups in total. The highest BCUT2D eigenvalue weighted by molar-refractivity contribution is 6.12. The zero-order valence-electron chi connectivity index (χ0n) is 10.8. The molecule has 2 rings (SSSR count). The van der Waals surface area contributed by atoms with Crippen molar-refractivity contribution in [3.05, 3.63) is 35.4 Å². The Balaban J connectivity index is 2.88. The maximum atomic E-state index is 11.7. The third kappa shape index (κ3) is 2.23. The number of hydrogen-bond donors (Lipinski definition) is 2. The Bertz CT molecular complexity index is 643. The second kappa shape index (κ2) is 5.08. The summed E-state index contributed by atoms with van der Waals surface area (Å²) in [6.07, 6.45) is 0. The highest BCUT2D eigenvalue weighted by Crippen LogP contribution is 2.31. The average Bonchev–Trinajstić information content (AvgIpc) is 2.44. The Morgan fingerprint density at radius 2 is 1.15 bits per heavy atom. The summed E-state index contributed by atoms with van der Waals surface area (Å²) >= 11 is 0. The summed E-state index contributed by atoms with van der Waals surface area (Å²) in [7, 11) is 2.39. The first kappa shape index (κ1) is 13.7. The second-order valence-electron chi connectivity index (χ2n) is 4.06. The fourth-order valence-corrected chi connectivity index (χ4v) is 1.99. The van der Waals surface area contributed by atoms with Crippen LogP contribution in [0, 0.1) is 0 Å². The Labute approximate surface area is 114 Å². The van der Waals surface area contributed by atoms with Crippen molar-refractivity contribution < 1.29 is 29.3 Å². The molecular formula is C14H12O6. The molecule has 0 saturated heterocycles. The van der Waals surface area contributed by atoms with E-state index < -0.39 is 11.9 Å². The van der Waals surface area contributed by atoms with Crippen molar-refractivity contribution >= 4 is 22.7 Å². The fraction of sp³-hybridized carbons (Fsp3) is 0.143. The lowest BCUT2D eigenvalue weighted by atomic mass is 9.99. The van der Waals surface area contributed by atoms with Crippen LogP contribution < -0.4 is 0 Å². The number of phenols is 2. The molecule has 0 radical (unpaired) electrons. The molecular weight excluding hydrogens is 264 g/mol. The van der Waals surface area contributed by atoms with Crippen LogP contribution in [0.1, 0.15) is 20.7 Å². The molecule has 0 heterocycles. The number of hydrogen-bond acceptors (Lipinski definition) is 6. The van der Waals surface area contributed by atoms with Gasteiger partial charge < -0.3 is 19.7 Å². The van der Waals surface area contributed by atoms with E-state index >= 15 is 0 Å². The lowest BCUT2D eigenvalue weighted by Gasteiger charge is -2.10. The van der Waals surface area contributed by atoms with Gasteiger partial charge in [-0.05, 0) is 24.3 Å². The van der Waals surface area contributed by atoms with Gasteiger partial charge in [0.05, 0.1) is 25.3 Å². The highest BCUT2D eigenvalue weighted by Gasteiger charge is 2.18. The van der Waals surface area contributed by atoms with E-state index in [1.54, 1.807) is 0 Å². The van der Waals surface area contributed by atoms with Crippen molar-refractivity contribution in [1.82, 2.24) is 0 Å². The molecule has 0 aliphatic heterocycles. The fourth-order valence-electron chi connectivity index (χ4n) is 1.99. The van der Waals surface area contributed by atoms with Gasteiger partial charge in [0.1, 0.15) is 11.5 Å². The zero-order valence-corrected chi connectivity index (χ0v) is 10.8. The van der Waals surface area contributed by atoms with Crippen LogP contribution in [-0.2, 0) is 9.47 Å². The molecule has 0 aliphatic carbocycles. The van der Waals surface area contributed by atoms with Crippen molar-refractivity contribution in [1.29, 1.82) is 0 Å². The minimum Gasteiger partial charge on any atom is -0.508 e. The maximum absolute atomic E-state index is 11.7. The Morgan fingerprint density at radius 3 is 1.45 bits per heavy atom. The number of rotatable bonds is 2. The Kier molecular flexibility index (Phi) is 3.47. The Morgan fingerprint density at radius 1 is 0.800 bits per heavy atom. The first-order chi connectivity index (χ1) is 9.47. The van der Waals surface area contributed by atoms with E-state index in [9.17, 15) is 19.8 Å². The topological polar surface area (TPSA) is 93.1 Å². The van der Waals surface area contributed by atoms with Gasteiger partial charge in [0, 0.05) is 10.8 Å². The third-order valence-corrected chi connectivity index (χ3v) is 2.85. The predicted molar refractivity (Wildman–Crippen MR) is 70.0 cm³/mol. The smallest absolute Gasteiger partial charge is 0.338 e. The highest BCUT2D eigenvalue weighted by atomic mass is 16.5. The van der Waals surface area contributed by atoms with Gasteiger partial charge in [0.2, 0.25) is 0 Å². The van der Waals surface area contributed by atoms with E-state index in [0.29, 0.717) is 0 Å². The molecule has 6 nitrogen and oxygen atoms in total. The molecule has 104 valence electrons. The molecule has 0 spiro atoms. The minimum absolute atomic E-state index is 0.0450. The van der Waals surface area contributed by atoms with Crippen molar-refractivity contribution in [2.24, 2.45) is 0 Å². The van der Waals surface area contributed by atoms with E-state index in [-0.39, 0.29) is 33.4 Å². The molecule has 0 aliphatic rings. The van der Waals surface area contributed by atoms with Crippen LogP contribution in [0.25, 0.3) is 10.8 Å². The largest absolute Gasteiger partial charge is 0.508 e. The van der Waals surface area contributed by atoms with Gasteiger partial charge in [-0.3, -0.25) is 0 Å². The quantitative estimate of drug-likeness (QED) is 0.813. The van der Waals surface area contributed by atoms with Crippen LogP contribution in [0.4, 0.5) is 0 Å². The van der Waals surface area contributed by atoms with Gasteiger partial charge in [-0.15, -0.1) is 0 Å². The summed E-state index contributed by atoms with van der Waals surface area (Å²) in [6, 6.07) is 5.03. The summed E-state index contributed by atoms with van der Waals surface area (Å²) in [5.74, 6) is -1.78. The summed E-state index contributed by atoms with van der Waals surface area (Å²) in [6.45, 7) is 0. The molecule has 0 amide bonds. The molecule has 0 bridgehead atoms. The first-order valence-electron chi connectivity index (χ1n) is 5.64. The summed E-state index contributed by atoms with van der Waals surface area (Å²) < 4.78 is 9.24. The number of carbonyl (C=O) groups is 2. The van der Waals surface area contributed by atoms with E-state index in [0.717, 1.165) is 0 Å². The second-order valence-corrected chi connectivity index (χ2v) is 4.06. The molecule has 0 fully saturated rings. The first-order valence-corrected chi connectivity index (χ1v) is 5.64. The normalized spacial score (nSPS) is 10.3. The van der Waals surface area contributed by atoms with Gasteiger partial charge >= 0.3 is 11.9 Å². The third-order valence-electron chi connectivity index (χ3n) is 2.85. The number of phenolic OH excluding ortho intramolecular Hbond substituents is 2. The van der Waals surface area contributed by atoms with Crippen LogP contribution in [-0.4, -0.2) is 36.4 Å². The molecule has 0 atom stereocenters. The number of esters is 2. The standard InChI is InChI=1S/C14H12O6/c1-19-13(17)11-5-7(15)4-10-9(11)3-8(16)6-12(10)14(18)20-2/h3-6,15-16H,1-2H3. The van der Waals surface area contributed by atoms with Crippen LogP contribution in [0.5, 0.6) is 11.5 Å². The molecule has 2 aromatic rings. The van der Waals surface area contributed by atoms with Crippen LogP contribution in [0.3, 0.4) is 0 Å². The number of fused-ring (bicyclic) bond motifs is 1. The van der Waals surface area contributed by atoms with Crippen LogP contribution in [0.15, 0.2) is 24.3 Å². The van der Waals surface area contributed by atoms with E-state index in [1.807, 2.05) is 0 Å². The predicted octanol–water partition coefficient (Wildman–Crippen LogP) is 1.82. The molecule has 0 saturated carbocycles. The van der Waals surface area contributed by atoms with Gasteiger partial charge in [-0.25, -0.2) is 9.59 Å². The number of methoxy groups -OCH3 is 2. The minimum atomic E-state index is -0.688. The van der Waals surface area contributed by atoms with Crippen LogP contribution >= 0.6 is 0 Å². The monoisotopic (exact) mass is 276 g/mol. The van der Waals surface area contributed by atoms with Gasteiger partial charge in [0.25, 0.3) is 0 Å². The Hall–Kier alpha value is -2.76. The summed E-state index contributed by atoms with van der Waals surface area (Å²) in [5, 5.41) is 19.9. The number of ether oxygens (including phenoxy) is 2. The van der Waals surface area contributed by atoms with Crippen molar-refractivity contribution in [3.63, 3.8) is 0 Å². The summed E-state index contributed by atoms with van der Waals surface area (Å²) in [5.41, 5.74) is 0.0899. The maximum Gasteiger partial charge on any atom is 0.338 e. The lowest BCUT2D eigenvalue weighted by molar-refractivity contribution is 0.0592. The van der Waals surface area contributed by atoms with Gasteiger partial charge in [0.15, 0.2) is 0 Å². The molecule has 20 heavy (non-hydrogen) atoms. The molecule has 0 aromatic heterocycles. The van der Waals surface area contributed by atoms with Gasteiger partial charge in [-0.2, -0.15) is 0 Å². The number of benzene rings is 2. The molecule has 2 aromatic carbocycles. The van der Waals surface area contributed by atoms with Crippen molar-refractivity contribution in [2.75, 3.05) is 14.2 Å². The van der Waals surface area contributed by atoms with E-state index in [1.165, 1.54) is 38.5 Å². The van der Waals surface area contributed by atoms with E-state index in [4.69, 9.17) is 0 Å². The lowest BCUT2D eigenvalue weighted by Crippen LogP contribution is -2.06. The SMILES string of the molecule is COC(=O)c1cc(O)cc2c(C(=O)OC)cc(O)cc12. The molecule has 6 heteroatoms. The van der Waals surface area contributed by atoms with Crippen LogP contribution in [0.2, 0.25) is 0 Å². The summed E-state index contributed by atoms with van der Waals surface area (Å²) in [4.78, 5) is 23.4. The van der Waals surface area contributed by atoms with Crippen molar-refractivity contribution in [2.45, 2.75) is 0 Å². The van der Waals surface area contributed by atoms with E-state index in [2.05, 4.69) is 9.47 Å². The zero-order chi connectivity index (χ0) is 14.9. The number of carbonyl (C=O) groups excluding carboxylic acids is 2. The van der Waals surface area contributed by atoms with Crippen molar-refractivity contribution in [3.8, 4) is 11.5 Å². The van der Waals surface area contributed by atoms with Gasteiger partial charge in [-0.1, -0.05) is 0 Å². The molecule has 0 unspecified atom stereocenters.